The molecular formula is C18H28N4O3. The van der Waals surface area contributed by atoms with Crippen molar-refractivity contribution in [3.8, 4) is 0 Å². The highest BCUT2D eigenvalue weighted by Crippen LogP contribution is 2.39. The first kappa shape index (κ1) is 16.8. The van der Waals surface area contributed by atoms with Gasteiger partial charge in [0.25, 0.3) is 0 Å². The maximum Gasteiger partial charge on any atom is 0.318 e. The minimum Gasteiger partial charge on any atom is -0.392 e. The maximum absolute atomic E-state index is 12.8. The van der Waals surface area contributed by atoms with Crippen molar-refractivity contribution in [2.45, 2.75) is 64.0 Å². The minimum absolute atomic E-state index is 0.0892. The predicted molar refractivity (Wildman–Crippen MR) is 90.8 cm³/mol. The van der Waals surface area contributed by atoms with Crippen LogP contribution >= 0.6 is 0 Å². The van der Waals surface area contributed by atoms with Crippen LogP contribution in [-0.2, 0) is 0 Å². The molecule has 1 aromatic rings. The first-order valence-corrected chi connectivity index (χ1v) is 9.60. The number of fused-ring (bicyclic) bond motifs is 2. The molecule has 3 fully saturated rings. The SMILES string of the molecule is CC(C)[C@@H](NC(=O)N1C[C@H]2CCC[C@@H](C1)C2O)c1nc(C2CC2)no1. The highest BCUT2D eigenvalue weighted by atomic mass is 16.5. The molecule has 0 aromatic carbocycles. The molecular weight excluding hydrogens is 320 g/mol. The fraction of sp³-hybridized carbons (Fsp3) is 0.833. The fourth-order valence-electron chi connectivity index (χ4n) is 4.19. The number of rotatable bonds is 4. The Morgan fingerprint density at radius 3 is 2.52 bits per heavy atom. The van der Waals surface area contributed by atoms with E-state index >= 15 is 0 Å². The van der Waals surface area contributed by atoms with E-state index in [-0.39, 0.29) is 35.9 Å². The Morgan fingerprint density at radius 2 is 1.92 bits per heavy atom. The highest BCUT2D eigenvalue weighted by Gasteiger charge is 2.40. The van der Waals surface area contributed by atoms with Crippen LogP contribution in [0.25, 0.3) is 0 Å². The van der Waals surface area contributed by atoms with Crippen LogP contribution in [0.3, 0.4) is 0 Å². The van der Waals surface area contributed by atoms with E-state index < -0.39 is 0 Å². The molecule has 2 bridgehead atoms. The third-order valence-corrected chi connectivity index (χ3v) is 5.92. The molecule has 25 heavy (non-hydrogen) atoms. The monoisotopic (exact) mass is 348 g/mol. The first-order chi connectivity index (χ1) is 12.0. The van der Waals surface area contributed by atoms with Crippen LogP contribution in [0.1, 0.15) is 69.6 Å². The van der Waals surface area contributed by atoms with Gasteiger partial charge in [-0.25, -0.2) is 4.79 Å². The lowest BCUT2D eigenvalue weighted by atomic mass is 9.75. The van der Waals surface area contributed by atoms with Crippen LogP contribution in [-0.4, -0.2) is 45.4 Å². The van der Waals surface area contributed by atoms with Crippen LogP contribution in [0.4, 0.5) is 4.79 Å². The van der Waals surface area contributed by atoms with E-state index in [1.165, 1.54) is 0 Å². The van der Waals surface area contributed by atoms with Gasteiger partial charge < -0.3 is 19.8 Å². The van der Waals surface area contributed by atoms with E-state index in [4.69, 9.17) is 4.52 Å². The van der Waals surface area contributed by atoms with E-state index in [0.717, 1.165) is 37.9 Å². The van der Waals surface area contributed by atoms with Crippen molar-refractivity contribution in [3.63, 3.8) is 0 Å². The number of aromatic nitrogens is 2. The van der Waals surface area contributed by atoms with Crippen LogP contribution in [0.2, 0.25) is 0 Å². The normalized spacial score (nSPS) is 30.4. The Morgan fingerprint density at radius 1 is 1.24 bits per heavy atom. The zero-order chi connectivity index (χ0) is 17.6. The maximum atomic E-state index is 12.8. The Kier molecular flexibility index (Phi) is 4.43. The molecule has 2 aliphatic carbocycles. The van der Waals surface area contributed by atoms with Crippen LogP contribution < -0.4 is 5.32 Å². The van der Waals surface area contributed by atoms with Crippen molar-refractivity contribution in [2.24, 2.45) is 17.8 Å². The number of carbonyl (C=O) groups is 1. The molecule has 7 heteroatoms. The van der Waals surface area contributed by atoms with Crippen molar-refractivity contribution in [2.75, 3.05) is 13.1 Å². The largest absolute Gasteiger partial charge is 0.392 e. The summed E-state index contributed by atoms with van der Waals surface area (Å²) in [5.74, 6) is 2.28. The summed E-state index contributed by atoms with van der Waals surface area (Å²) in [6.45, 7) is 5.35. The van der Waals surface area contributed by atoms with Gasteiger partial charge in [-0.05, 0) is 31.6 Å². The smallest absolute Gasteiger partial charge is 0.318 e. The van der Waals surface area contributed by atoms with Gasteiger partial charge in [0.2, 0.25) is 5.89 Å². The van der Waals surface area contributed by atoms with Crippen molar-refractivity contribution < 1.29 is 14.4 Å². The summed E-state index contributed by atoms with van der Waals surface area (Å²) in [6, 6.07) is -0.368. The molecule has 4 rings (SSSR count). The number of hydrogen-bond acceptors (Lipinski definition) is 5. The van der Waals surface area contributed by atoms with Gasteiger partial charge in [-0.15, -0.1) is 0 Å². The third kappa shape index (κ3) is 3.38. The summed E-state index contributed by atoms with van der Waals surface area (Å²) in [5, 5.41) is 17.5. The van der Waals surface area contributed by atoms with Gasteiger partial charge >= 0.3 is 6.03 Å². The van der Waals surface area contributed by atoms with Crippen molar-refractivity contribution >= 4 is 6.03 Å². The molecule has 1 unspecified atom stereocenters. The number of aliphatic hydroxyl groups is 1. The second-order valence-electron chi connectivity index (χ2n) is 8.28. The Balaban J connectivity index is 1.43. The van der Waals surface area contributed by atoms with E-state index in [1.807, 2.05) is 18.7 Å². The lowest BCUT2D eigenvalue weighted by Gasteiger charge is -2.45. The summed E-state index contributed by atoms with van der Waals surface area (Å²) < 4.78 is 5.43. The van der Waals surface area contributed by atoms with E-state index in [0.29, 0.717) is 24.9 Å². The van der Waals surface area contributed by atoms with E-state index in [1.54, 1.807) is 0 Å². The third-order valence-electron chi connectivity index (χ3n) is 5.92. The average molecular weight is 348 g/mol. The quantitative estimate of drug-likeness (QED) is 0.872. The van der Waals surface area contributed by atoms with Gasteiger partial charge in [-0.1, -0.05) is 25.4 Å². The van der Waals surface area contributed by atoms with Crippen LogP contribution in [0, 0.1) is 17.8 Å². The highest BCUT2D eigenvalue weighted by molar-refractivity contribution is 5.74. The zero-order valence-corrected chi connectivity index (χ0v) is 15.0. The Labute approximate surface area is 148 Å². The van der Waals surface area contributed by atoms with Crippen LogP contribution in [0.15, 0.2) is 4.52 Å². The first-order valence-electron chi connectivity index (χ1n) is 9.60. The second-order valence-corrected chi connectivity index (χ2v) is 8.28. The predicted octanol–water partition coefficient (Wildman–Crippen LogP) is 2.45. The van der Waals surface area contributed by atoms with E-state index in [2.05, 4.69) is 15.5 Å². The second kappa shape index (κ2) is 6.59. The Hall–Kier alpha value is -1.63. The molecule has 2 amide bonds. The lowest BCUT2D eigenvalue weighted by Crippen LogP contribution is -2.56. The molecule has 2 saturated carbocycles. The number of amides is 2. The van der Waals surface area contributed by atoms with Gasteiger partial charge in [-0.3, -0.25) is 0 Å². The van der Waals surface area contributed by atoms with Gasteiger partial charge in [0.15, 0.2) is 5.82 Å². The van der Waals surface area contributed by atoms with Crippen molar-refractivity contribution in [1.29, 1.82) is 0 Å². The molecule has 1 aliphatic heterocycles. The molecule has 3 aliphatic rings. The molecule has 7 nitrogen and oxygen atoms in total. The van der Waals surface area contributed by atoms with Crippen LogP contribution in [0.5, 0.6) is 0 Å². The van der Waals surface area contributed by atoms with Gasteiger partial charge in [0, 0.05) is 30.8 Å². The number of piperidine rings is 1. The fourth-order valence-corrected chi connectivity index (χ4v) is 4.19. The Bertz CT molecular complexity index is 614. The number of urea groups is 1. The number of likely N-dealkylation sites (tertiary alicyclic amines) is 1. The summed E-state index contributed by atoms with van der Waals surface area (Å²) in [4.78, 5) is 19.2. The number of nitrogens with one attached hydrogen (secondary N) is 1. The number of nitrogens with zero attached hydrogens (tertiary/aromatic N) is 3. The van der Waals surface area contributed by atoms with E-state index in [9.17, 15) is 9.90 Å². The number of aliphatic hydroxyl groups excluding tert-OH is 1. The summed E-state index contributed by atoms with van der Waals surface area (Å²) in [5.41, 5.74) is 0. The average Bonchev–Trinajstić information content (AvgIpc) is 3.30. The van der Waals surface area contributed by atoms with Gasteiger partial charge in [0.1, 0.15) is 6.04 Å². The van der Waals surface area contributed by atoms with Gasteiger partial charge in [-0.2, -0.15) is 4.98 Å². The summed E-state index contributed by atoms with van der Waals surface area (Å²) in [7, 11) is 0. The molecule has 1 aromatic heterocycles. The molecule has 2 N–H and O–H groups in total. The van der Waals surface area contributed by atoms with Crippen molar-refractivity contribution in [3.05, 3.63) is 11.7 Å². The summed E-state index contributed by atoms with van der Waals surface area (Å²) in [6.07, 6.45) is 5.15. The van der Waals surface area contributed by atoms with Gasteiger partial charge in [0.05, 0.1) is 6.10 Å². The number of hydrogen-bond donors (Lipinski definition) is 2. The van der Waals surface area contributed by atoms with Crippen molar-refractivity contribution in [1.82, 2.24) is 20.4 Å². The molecule has 138 valence electrons. The molecule has 0 spiro atoms. The molecule has 4 atom stereocenters. The molecule has 2 heterocycles. The number of carbonyl (C=O) groups excluding carboxylic acids is 1. The summed E-state index contributed by atoms with van der Waals surface area (Å²) >= 11 is 0. The standard InChI is InChI=1S/C18H28N4O3/c1-10(2)14(17-20-16(21-25-17)11-6-7-11)19-18(24)22-8-12-4-3-5-13(9-22)15(12)23/h10-15,23H,3-9H2,1-2H3,(H,19,24)/t12-,13+,14-,15?/m1/s1. The topological polar surface area (TPSA) is 91.5 Å². The lowest BCUT2D eigenvalue weighted by molar-refractivity contribution is -0.0372. The molecule has 1 saturated heterocycles. The zero-order valence-electron chi connectivity index (χ0n) is 15.0. The minimum atomic E-state index is -0.279. The molecule has 0 radical (unpaired) electrons.